The largest absolute Gasteiger partial charge is 0.699 e. The van der Waals surface area contributed by atoms with Crippen molar-refractivity contribution in [3.05, 3.63) is 232 Å². The normalized spacial score (nSPS) is 14.4. The maximum absolute atomic E-state index is 13.2. The number of nitro groups is 1. The number of ether oxygens (including phenoxy) is 3. The molecule has 0 bridgehead atoms. The summed E-state index contributed by atoms with van der Waals surface area (Å²) in [4.78, 5) is 97.9. The number of fused-ring (bicyclic) bond motifs is 3. The molecule has 28 heteroatoms. The van der Waals surface area contributed by atoms with Gasteiger partial charge in [-0.15, -0.1) is 5.69 Å². The van der Waals surface area contributed by atoms with Gasteiger partial charge in [0.1, 0.15) is 54.4 Å². The molecule has 3 fully saturated rings. The number of carbonyl (C=O) groups is 6. The van der Waals surface area contributed by atoms with Crippen LogP contribution in [0.5, 0.6) is 0 Å². The van der Waals surface area contributed by atoms with Crippen LogP contribution in [-0.2, 0) is 68.9 Å². The molecule has 114 heavy (non-hydrogen) atoms. The molecule has 0 aliphatic heterocycles. The van der Waals surface area contributed by atoms with Gasteiger partial charge in [-0.05, 0) is 147 Å². The third-order valence-corrected chi connectivity index (χ3v) is 20.5. The van der Waals surface area contributed by atoms with Crippen LogP contribution in [0, 0.1) is 10.1 Å². The molecule has 3 atom stereocenters. The Balaban J connectivity index is 0.000000180. The minimum Gasteiger partial charge on any atom is -0.699 e. The summed E-state index contributed by atoms with van der Waals surface area (Å²) in [5, 5.41) is 25.2. The van der Waals surface area contributed by atoms with E-state index in [0.717, 1.165) is 122 Å². The molecule has 6 aromatic heterocycles. The van der Waals surface area contributed by atoms with Crippen molar-refractivity contribution in [1.29, 1.82) is 0 Å². The molecule has 6 aromatic carbocycles. The third kappa shape index (κ3) is 21.0. The van der Waals surface area contributed by atoms with Crippen molar-refractivity contribution in [3.8, 4) is 34.2 Å². The second-order valence-corrected chi connectivity index (χ2v) is 27.9. The first-order valence-electron chi connectivity index (χ1n) is 37.2. The number of anilines is 1. The maximum Gasteiger partial charge on any atom is 0.335 e. The molecule has 15 rings (SSSR count). The van der Waals surface area contributed by atoms with E-state index < -0.39 is 46.9 Å². The number of amides is 2. The average Bonchev–Trinajstić information content (AvgIpc) is 1.63. The number of carboxylic acid groups (broad SMARTS) is 1. The Morgan fingerprint density at radius 2 is 0.833 bits per heavy atom. The second-order valence-electron chi connectivity index (χ2n) is 27.9. The topological polar surface area (TPSA) is 386 Å². The molecule has 3 aliphatic rings. The van der Waals surface area contributed by atoms with Gasteiger partial charge in [0, 0.05) is 81.0 Å². The predicted octanol–water partition coefficient (Wildman–Crippen LogP) is 17.3. The summed E-state index contributed by atoms with van der Waals surface area (Å²) in [5.74, 6) is -0.646. The number of aromatic carboxylic acids is 1. The Morgan fingerprint density at radius 1 is 0.500 bits per heavy atom. The van der Waals surface area contributed by atoms with Crippen molar-refractivity contribution in [2.45, 2.75) is 167 Å². The molecule has 0 spiro atoms. The maximum atomic E-state index is 13.2. The molecular formula is C86H97N12O15W-. The molecular weight excluding hydrogens is 1620 g/mol. The number of nitrogens with one attached hydrogen (secondary N) is 3. The Hall–Kier alpha value is -12.0. The van der Waals surface area contributed by atoms with E-state index in [9.17, 15) is 44.0 Å². The number of methoxy groups -OCH3 is 3. The zero-order valence-corrected chi connectivity index (χ0v) is 65.3. The number of benzene rings is 6. The summed E-state index contributed by atoms with van der Waals surface area (Å²) in [7, 11) is 3.87. The molecule has 2 amide bonds. The smallest absolute Gasteiger partial charge is 0.335 e. The minimum atomic E-state index is -0.927. The van der Waals surface area contributed by atoms with Crippen LogP contribution in [0.4, 0.5) is 17.1 Å². The van der Waals surface area contributed by atoms with E-state index in [2.05, 4.69) is 29.1 Å². The predicted molar refractivity (Wildman–Crippen MR) is 431 cm³/mol. The molecule has 0 radical (unpaired) electrons. The van der Waals surface area contributed by atoms with E-state index in [1.165, 1.54) is 91.2 Å². The van der Waals surface area contributed by atoms with E-state index in [1.54, 1.807) is 123 Å². The first-order valence-corrected chi connectivity index (χ1v) is 37.2. The van der Waals surface area contributed by atoms with Gasteiger partial charge in [-0.3, -0.25) is 24.5 Å². The Labute approximate surface area is 674 Å². The molecule has 0 saturated heterocycles. The summed E-state index contributed by atoms with van der Waals surface area (Å²) in [6, 6.07) is 40.5. The van der Waals surface area contributed by atoms with Crippen LogP contribution in [0.2, 0.25) is 0 Å². The number of aromatic nitrogens is 6. The number of carboxylic acids is 1. The quantitative estimate of drug-likeness (QED) is 0.0147. The van der Waals surface area contributed by atoms with Crippen molar-refractivity contribution in [1.82, 2.24) is 39.3 Å². The number of nitrogens with two attached hydrogens (primary N) is 2. The van der Waals surface area contributed by atoms with Crippen molar-refractivity contribution in [2.75, 3.05) is 27.1 Å². The van der Waals surface area contributed by atoms with Crippen molar-refractivity contribution < 1.29 is 87.3 Å². The van der Waals surface area contributed by atoms with Gasteiger partial charge < -0.3 is 74.1 Å². The van der Waals surface area contributed by atoms with Crippen LogP contribution in [0.3, 0.4) is 0 Å². The standard InChI is InChI=1S/C28H30N4O4.C28H29N4O4.C18H18N2O3.C10H12N2O4.2CH4.W/c2*1-35-28(34)24(15-18-7-10-21(29)11-8-18)31-27(33)19-9-12-25-23(16-19)30-26(20-13-14-36-17-20)32(25)22-5-3-2-4-6-22;21-18(22)12-6-7-16-15(10-12)19-17(13-8-9-23-11-13)20(16)14-4-2-1-3-5-14;1-16-10(13)9(11)6-7-2-4-8(5-3-7)12(14)15;;;/h7-14,16-17,22,24H,2-6,15,29H2,1H3,(H,31,33);7-14,16-17,22,24,29H,2-6,15H2,1H3,(H,31,33);6-11,14H,1-5H2,(H,21,22);2-5,9H,6,11H2,1H3;2*1H4;/q;-1;;;;;/t2*24-;;9-;;;/m00.0.../s1. The Bertz CT molecular complexity index is 4960. The van der Waals surface area contributed by atoms with Gasteiger partial charge in [0.05, 0.1) is 100 Å². The number of carbonyl (C=O) groups excluding carboxylic acids is 5. The van der Waals surface area contributed by atoms with E-state index in [-0.39, 0.29) is 65.4 Å². The molecule has 8 N–H and O–H groups in total. The van der Waals surface area contributed by atoms with Gasteiger partial charge in [0.25, 0.3) is 17.5 Å². The van der Waals surface area contributed by atoms with Gasteiger partial charge in [-0.25, -0.2) is 29.3 Å². The molecule has 27 nitrogen and oxygen atoms in total. The van der Waals surface area contributed by atoms with E-state index in [4.69, 9.17) is 54.9 Å². The number of non-ortho nitro benzene ring substituents is 1. The first-order chi connectivity index (χ1) is 53.8. The molecule has 12 aromatic rings. The SMILES string of the molecule is C.C.COC(=O)[C@@H](N)Cc1ccc([N+](=O)[O-])cc1.COC(=O)[C@H](Cc1ccc(N)cc1)NC(=O)c1ccc2c(c1)nc(-c1ccoc1)n2C1CCCCC1.COC(=O)[C@H](Cc1ccc([NH-])cc1)NC(=O)c1ccc2c(c1)nc(-c1ccoc1)n2C1CCCCC1.O=C(O)c1ccc2c(c1)nc(-c1ccoc1)n2C1CCCCC1.[W]. The summed E-state index contributed by atoms with van der Waals surface area (Å²) < 4.78 is 37.1. The average molecular weight is 1720 g/mol. The minimum absolute atomic E-state index is 0. The monoisotopic (exact) mass is 1720 g/mol. The van der Waals surface area contributed by atoms with Gasteiger partial charge in [-0.2, -0.15) is 0 Å². The van der Waals surface area contributed by atoms with Gasteiger partial charge in [-0.1, -0.05) is 121 Å². The van der Waals surface area contributed by atoms with Crippen LogP contribution in [0.15, 0.2) is 196 Å². The second kappa shape index (κ2) is 40.5. The van der Waals surface area contributed by atoms with E-state index in [1.807, 2.05) is 48.5 Å². The van der Waals surface area contributed by atoms with Crippen molar-refractivity contribution in [2.24, 2.45) is 5.73 Å². The zero-order valence-electron chi connectivity index (χ0n) is 62.4. The van der Waals surface area contributed by atoms with Crippen molar-refractivity contribution in [3.63, 3.8) is 0 Å². The van der Waals surface area contributed by atoms with Crippen LogP contribution in [0.25, 0.3) is 73.0 Å². The Kier molecular flexibility index (Phi) is 30.6. The first kappa shape index (κ1) is 86.0. The van der Waals surface area contributed by atoms with Gasteiger partial charge in [0.15, 0.2) is 0 Å². The van der Waals surface area contributed by atoms with Crippen molar-refractivity contribution >= 4 is 85.9 Å². The molecule has 3 saturated carbocycles. The molecule has 0 unspecified atom stereocenters. The fourth-order valence-electron chi connectivity index (χ4n) is 14.8. The summed E-state index contributed by atoms with van der Waals surface area (Å²) in [6.45, 7) is 0. The summed E-state index contributed by atoms with van der Waals surface area (Å²) in [5.41, 5.74) is 31.5. The van der Waals surface area contributed by atoms with Crippen LogP contribution in [-0.4, -0.2) is 114 Å². The molecule has 598 valence electrons. The fraction of sp³-hybridized carbons (Fsp3) is 0.337. The molecule has 6 heterocycles. The number of hydrogen-bond donors (Lipinski definition) is 5. The van der Waals surface area contributed by atoms with Crippen LogP contribution < -0.4 is 22.1 Å². The summed E-state index contributed by atoms with van der Waals surface area (Å²) in [6.07, 6.45) is 28.6. The van der Waals surface area contributed by atoms with Crippen LogP contribution in [0.1, 0.15) is 177 Å². The number of imidazole rings is 3. The van der Waals surface area contributed by atoms with Crippen LogP contribution >= 0.6 is 0 Å². The van der Waals surface area contributed by atoms with E-state index >= 15 is 0 Å². The van der Waals surface area contributed by atoms with Gasteiger partial charge >= 0.3 is 23.9 Å². The number of furan rings is 3. The zero-order chi connectivity index (χ0) is 78.1. The number of nitrogen functional groups attached to an aromatic ring is 1. The number of nitro benzene ring substituents is 1. The third-order valence-electron chi connectivity index (χ3n) is 20.5. The Morgan fingerprint density at radius 3 is 1.17 bits per heavy atom. The molecule has 3 aliphatic carbocycles. The number of hydrogen-bond acceptors (Lipinski definition) is 19. The number of rotatable bonds is 21. The van der Waals surface area contributed by atoms with E-state index in [0.29, 0.717) is 53.5 Å². The summed E-state index contributed by atoms with van der Waals surface area (Å²) >= 11 is 0. The van der Waals surface area contributed by atoms with Gasteiger partial charge in [0.2, 0.25) is 0 Å². The number of nitrogens with zero attached hydrogens (tertiary/aromatic N) is 7. The number of esters is 3. The fourth-order valence-corrected chi connectivity index (χ4v) is 14.8.